The lowest BCUT2D eigenvalue weighted by molar-refractivity contribution is 0.625. The van der Waals surface area contributed by atoms with Crippen LogP contribution in [0.4, 0.5) is 21.5 Å². The summed E-state index contributed by atoms with van der Waals surface area (Å²) in [7, 11) is 0. The zero-order valence-corrected chi connectivity index (χ0v) is 17.9. The Morgan fingerprint density at radius 3 is 2.10 bits per heavy atom. The van der Waals surface area contributed by atoms with Gasteiger partial charge in [0.05, 0.1) is 17.6 Å². The van der Waals surface area contributed by atoms with Gasteiger partial charge in [0.25, 0.3) is 0 Å². The minimum absolute atomic E-state index is 0.278. The molecule has 0 unspecified atom stereocenters. The predicted molar refractivity (Wildman–Crippen MR) is 130 cm³/mol. The van der Waals surface area contributed by atoms with Crippen LogP contribution in [-0.2, 0) is 0 Å². The minimum atomic E-state index is -0.278. The fourth-order valence-electron chi connectivity index (χ4n) is 3.69. The molecule has 0 bridgehead atoms. The molecule has 31 heavy (non-hydrogen) atoms. The molecular formula is C27H26FN3. The molecule has 0 atom stereocenters. The molecular weight excluding hydrogens is 385 g/mol. The van der Waals surface area contributed by atoms with Crippen LogP contribution in [0.5, 0.6) is 0 Å². The number of benzene rings is 4. The Bertz CT molecular complexity index is 1180. The van der Waals surface area contributed by atoms with Crippen molar-refractivity contribution in [3.63, 3.8) is 0 Å². The molecule has 4 aromatic rings. The van der Waals surface area contributed by atoms with Gasteiger partial charge in [-0.25, -0.2) is 9.40 Å². The monoisotopic (exact) mass is 411 g/mol. The van der Waals surface area contributed by atoms with Crippen LogP contribution in [0.15, 0.2) is 96.1 Å². The van der Waals surface area contributed by atoms with Gasteiger partial charge in [-0.1, -0.05) is 48.5 Å². The van der Waals surface area contributed by atoms with Crippen molar-refractivity contribution in [1.82, 2.24) is 0 Å². The Hall–Kier alpha value is -3.66. The number of fused-ring (bicyclic) bond motifs is 1. The number of hydrogen-bond acceptors (Lipinski definition) is 3. The van der Waals surface area contributed by atoms with Gasteiger partial charge in [-0.2, -0.15) is 5.10 Å². The highest BCUT2D eigenvalue weighted by molar-refractivity contribution is 5.88. The molecule has 0 fully saturated rings. The average molecular weight is 412 g/mol. The summed E-state index contributed by atoms with van der Waals surface area (Å²) in [5.74, 6) is -0.278. The fraction of sp³-hybridized carbons (Fsp3) is 0.148. The first-order chi connectivity index (χ1) is 15.2. The lowest BCUT2D eigenvalue weighted by atomic mass is 10.1. The zero-order valence-electron chi connectivity index (χ0n) is 17.9. The molecule has 0 saturated heterocycles. The maximum Gasteiger partial charge on any atom is 0.134 e. The summed E-state index contributed by atoms with van der Waals surface area (Å²) < 4.78 is 14.8. The number of hydrogen-bond donors (Lipinski definition) is 0. The van der Waals surface area contributed by atoms with Crippen molar-refractivity contribution in [1.29, 1.82) is 0 Å². The van der Waals surface area contributed by atoms with Gasteiger partial charge in [0.15, 0.2) is 0 Å². The van der Waals surface area contributed by atoms with Gasteiger partial charge in [0.1, 0.15) is 5.82 Å². The molecule has 0 radical (unpaired) electrons. The normalized spacial score (nSPS) is 11.2. The van der Waals surface area contributed by atoms with Crippen LogP contribution in [0.2, 0.25) is 0 Å². The third-order valence-electron chi connectivity index (χ3n) is 5.40. The van der Waals surface area contributed by atoms with Gasteiger partial charge in [0, 0.05) is 24.3 Å². The summed E-state index contributed by atoms with van der Waals surface area (Å²) in [4.78, 5) is 2.12. The second kappa shape index (κ2) is 9.43. The van der Waals surface area contributed by atoms with Crippen molar-refractivity contribution in [2.24, 2.45) is 5.10 Å². The summed E-state index contributed by atoms with van der Waals surface area (Å²) in [6.07, 6.45) is 1.59. The van der Waals surface area contributed by atoms with Crippen molar-refractivity contribution < 1.29 is 4.39 Å². The number of nitrogens with zero attached hydrogens (tertiary/aromatic N) is 3. The molecule has 4 aromatic carbocycles. The highest BCUT2D eigenvalue weighted by Crippen LogP contribution is 2.29. The first kappa shape index (κ1) is 20.6. The summed E-state index contributed by atoms with van der Waals surface area (Å²) in [5, 5.41) is 8.81. The van der Waals surface area contributed by atoms with Crippen LogP contribution in [0, 0.1) is 5.82 Å². The molecule has 0 saturated carbocycles. The molecule has 0 aliphatic rings. The highest BCUT2D eigenvalue weighted by Gasteiger charge is 2.10. The van der Waals surface area contributed by atoms with Crippen molar-refractivity contribution in [2.75, 3.05) is 23.0 Å². The van der Waals surface area contributed by atoms with Crippen molar-refractivity contribution in [3.8, 4) is 0 Å². The summed E-state index contributed by atoms with van der Waals surface area (Å²) >= 11 is 0. The number of rotatable bonds is 7. The van der Waals surface area contributed by atoms with E-state index in [9.17, 15) is 4.39 Å². The van der Waals surface area contributed by atoms with Crippen LogP contribution in [0.25, 0.3) is 10.8 Å². The van der Waals surface area contributed by atoms with Crippen molar-refractivity contribution in [3.05, 3.63) is 102 Å². The van der Waals surface area contributed by atoms with E-state index in [0.29, 0.717) is 5.56 Å². The van der Waals surface area contributed by atoms with Crippen LogP contribution >= 0.6 is 0 Å². The second-order valence-electron chi connectivity index (χ2n) is 7.30. The Balaban J connectivity index is 1.70. The van der Waals surface area contributed by atoms with Gasteiger partial charge in [-0.05, 0) is 67.1 Å². The molecule has 0 heterocycles. The predicted octanol–water partition coefficient (Wildman–Crippen LogP) is 7.00. The molecule has 4 rings (SSSR count). The summed E-state index contributed by atoms with van der Waals surface area (Å²) in [5.41, 5.74) is 3.17. The van der Waals surface area contributed by atoms with Crippen LogP contribution in [0.3, 0.4) is 0 Å². The van der Waals surface area contributed by atoms with Crippen molar-refractivity contribution in [2.45, 2.75) is 13.8 Å². The SMILES string of the molecule is CCN(CC)c1ccc(/C=N/N(c2ccccc2)c2ccc3ccccc3c2)c(F)c1. The molecule has 0 spiro atoms. The van der Waals surface area contributed by atoms with E-state index in [4.69, 9.17) is 0 Å². The van der Waals surface area contributed by atoms with Gasteiger partial charge >= 0.3 is 0 Å². The van der Waals surface area contributed by atoms with E-state index in [1.54, 1.807) is 18.3 Å². The Morgan fingerprint density at radius 2 is 1.39 bits per heavy atom. The van der Waals surface area contributed by atoms with E-state index in [2.05, 4.69) is 48.1 Å². The molecule has 3 nitrogen and oxygen atoms in total. The standard InChI is InChI=1S/C27H26FN3/c1-3-30(4-2)25-16-15-23(27(28)19-25)20-29-31(24-12-6-5-7-13-24)26-17-14-21-10-8-9-11-22(21)18-26/h5-20H,3-4H2,1-2H3/b29-20+. The second-order valence-corrected chi connectivity index (χ2v) is 7.30. The molecule has 0 aromatic heterocycles. The molecule has 0 N–H and O–H groups in total. The van der Waals surface area contributed by atoms with E-state index in [0.717, 1.165) is 35.5 Å². The minimum Gasteiger partial charge on any atom is -0.372 e. The number of para-hydroxylation sites is 1. The van der Waals surface area contributed by atoms with Crippen LogP contribution < -0.4 is 9.91 Å². The lowest BCUT2D eigenvalue weighted by Crippen LogP contribution is -2.21. The summed E-state index contributed by atoms with van der Waals surface area (Å²) in [6.45, 7) is 5.82. The van der Waals surface area contributed by atoms with Gasteiger partial charge in [0.2, 0.25) is 0 Å². The highest BCUT2D eigenvalue weighted by atomic mass is 19.1. The molecule has 0 aliphatic carbocycles. The lowest BCUT2D eigenvalue weighted by Gasteiger charge is -2.21. The van der Waals surface area contributed by atoms with E-state index < -0.39 is 0 Å². The first-order valence-electron chi connectivity index (χ1n) is 10.6. The van der Waals surface area contributed by atoms with Gasteiger partial charge < -0.3 is 4.90 Å². The van der Waals surface area contributed by atoms with E-state index in [1.807, 2.05) is 59.6 Å². The topological polar surface area (TPSA) is 18.8 Å². The number of hydrazone groups is 1. The number of halogens is 1. The van der Waals surface area contributed by atoms with E-state index in [-0.39, 0.29) is 5.82 Å². The zero-order chi connectivity index (χ0) is 21.6. The smallest absolute Gasteiger partial charge is 0.134 e. The first-order valence-corrected chi connectivity index (χ1v) is 10.6. The largest absolute Gasteiger partial charge is 0.372 e. The van der Waals surface area contributed by atoms with E-state index >= 15 is 0 Å². The van der Waals surface area contributed by atoms with E-state index in [1.165, 1.54) is 5.39 Å². The van der Waals surface area contributed by atoms with Crippen molar-refractivity contribution >= 4 is 34.0 Å². The Morgan fingerprint density at radius 1 is 0.710 bits per heavy atom. The molecule has 0 amide bonds. The fourth-order valence-corrected chi connectivity index (χ4v) is 3.69. The average Bonchev–Trinajstić information content (AvgIpc) is 2.82. The quantitative estimate of drug-likeness (QED) is 0.241. The van der Waals surface area contributed by atoms with Gasteiger partial charge in [-0.3, -0.25) is 0 Å². The van der Waals surface area contributed by atoms with Crippen LogP contribution in [0.1, 0.15) is 19.4 Å². The Kier molecular flexibility index (Phi) is 6.27. The number of anilines is 3. The van der Waals surface area contributed by atoms with Crippen LogP contribution in [-0.4, -0.2) is 19.3 Å². The maximum absolute atomic E-state index is 14.8. The Labute approximate surface area is 183 Å². The molecule has 4 heteroatoms. The maximum atomic E-state index is 14.8. The third-order valence-corrected chi connectivity index (χ3v) is 5.40. The summed E-state index contributed by atoms with van der Waals surface area (Å²) in [6, 6.07) is 29.6. The van der Waals surface area contributed by atoms with Gasteiger partial charge in [-0.15, -0.1) is 0 Å². The molecule has 156 valence electrons. The third kappa shape index (κ3) is 4.58. The molecule has 0 aliphatic heterocycles.